The van der Waals surface area contributed by atoms with Gasteiger partial charge >= 0.3 is 6.18 Å². The summed E-state index contributed by atoms with van der Waals surface area (Å²) in [5.74, 6) is -1.08. The predicted molar refractivity (Wildman–Crippen MR) is 86.2 cm³/mol. The molecule has 0 radical (unpaired) electrons. The van der Waals surface area contributed by atoms with Crippen LogP contribution >= 0.6 is 0 Å². The van der Waals surface area contributed by atoms with Crippen LogP contribution in [0.1, 0.15) is 63.6 Å². The highest BCUT2D eigenvalue weighted by Crippen LogP contribution is 2.35. The first-order valence-corrected chi connectivity index (χ1v) is 7.87. The summed E-state index contributed by atoms with van der Waals surface area (Å²) in [7, 11) is 0. The zero-order valence-corrected chi connectivity index (χ0v) is 14.2. The van der Waals surface area contributed by atoms with Gasteiger partial charge in [0.25, 0.3) is 0 Å². The minimum Gasteiger partial charge on any atom is -0.330 e. The molecule has 0 aliphatic heterocycles. The van der Waals surface area contributed by atoms with E-state index in [1.165, 1.54) is 11.1 Å². The van der Waals surface area contributed by atoms with Gasteiger partial charge < -0.3 is 5.73 Å². The van der Waals surface area contributed by atoms with Gasteiger partial charge in [0.05, 0.1) is 5.92 Å². The van der Waals surface area contributed by atoms with Gasteiger partial charge in [-0.2, -0.15) is 13.2 Å². The highest BCUT2D eigenvalue weighted by atomic mass is 19.4. The molecular weight excluding hydrogens is 287 g/mol. The van der Waals surface area contributed by atoms with Crippen molar-refractivity contribution in [3.8, 4) is 0 Å². The Morgan fingerprint density at radius 2 is 1.68 bits per heavy atom. The van der Waals surface area contributed by atoms with Crippen molar-refractivity contribution in [2.45, 2.75) is 65.0 Å². The van der Waals surface area contributed by atoms with Gasteiger partial charge in [-0.25, -0.2) is 0 Å². The molecule has 0 saturated carbocycles. The SMILES string of the molecule is CC(C)c1cccc(CCC(CN)C(F)(F)F)c1C(C)(C)C. The summed E-state index contributed by atoms with van der Waals surface area (Å²) in [4.78, 5) is 0. The number of alkyl halides is 3. The van der Waals surface area contributed by atoms with Crippen LogP contribution in [0, 0.1) is 5.92 Å². The van der Waals surface area contributed by atoms with Gasteiger partial charge in [-0.05, 0) is 40.9 Å². The first-order valence-electron chi connectivity index (χ1n) is 7.87. The van der Waals surface area contributed by atoms with Gasteiger partial charge in [0.2, 0.25) is 0 Å². The van der Waals surface area contributed by atoms with Crippen LogP contribution in [0.5, 0.6) is 0 Å². The van der Waals surface area contributed by atoms with E-state index in [-0.39, 0.29) is 18.4 Å². The molecule has 0 aromatic heterocycles. The fourth-order valence-corrected chi connectivity index (χ4v) is 2.97. The van der Waals surface area contributed by atoms with E-state index in [0.717, 1.165) is 5.56 Å². The summed E-state index contributed by atoms with van der Waals surface area (Å²) in [6.45, 7) is 10.2. The Hall–Kier alpha value is -1.03. The van der Waals surface area contributed by atoms with Crippen LogP contribution in [0.3, 0.4) is 0 Å². The minimum atomic E-state index is -4.22. The van der Waals surface area contributed by atoms with Crippen LogP contribution < -0.4 is 5.73 Å². The number of rotatable bonds is 5. The van der Waals surface area contributed by atoms with E-state index < -0.39 is 12.1 Å². The lowest BCUT2D eigenvalue weighted by molar-refractivity contribution is -0.173. The molecule has 0 bridgehead atoms. The van der Waals surface area contributed by atoms with E-state index in [4.69, 9.17) is 5.73 Å². The monoisotopic (exact) mass is 315 g/mol. The number of halogens is 3. The summed E-state index contributed by atoms with van der Waals surface area (Å²) in [6.07, 6.45) is -3.76. The molecule has 1 rings (SSSR count). The molecule has 1 aromatic carbocycles. The largest absolute Gasteiger partial charge is 0.393 e. The molecule has 0 fully saturated rings. The fourth-order valence-electron chi connectivity index (χ4n) is 2.97. The van der Waals surface area contributed by atoms with Crippen molar-refractivity contribution < 1.29 is 13.2 Å². The number of hydrogen-bond donors (Lipinski definition) is 1. The Labute approximate surface area is 132 Å². The first-order chi connectivity index (χ1) is 9.98. The molecule has 1 nitrogen and oxygen atoms in total. The predicted octanol–water partition coefficient (Wildman–Crippen LogP) is 5.18. The number of aryl methyl sites for hydroxylation is 1. The Morgan fingerprint density at radius 1 is 1.09 bits per heavy atom. The van der Waals surface area contributed by atoms with Crippen molar-refractivity contribution in [2.75, 3.05) is 6.54 Å². The van der Waals surface area contributed by atoms with Crippen molar-refractivity contribution in [3.05, 3.63) is 34.9 Å². The van der Waals surface area contributed by atoms with E-state index in [9.17, 15) is 13.2 Å². The molecule has 1 atom stereocenters. The maximum Gasteiger partial charge on any atom is 0.393 e. The fraction of sp³-hybridized carbons (Fsp3) is 0.667. The van der Waals surface area contributed by atoms with E-state index in [1.807, 2.05) is 12.1 Å². The Morgan fingerprint density at radius 3 is 2.09 bits per heavy atom. The van der Waals surface area contributed by atoms with Crippen molar-refractivity contribution >= 4 is 0 Å². The van der Waals surface area contributed by atoms with Crippen LogP contribution in [-0.4, -0.2) is 12.7 Å². The Kier molecular flexibility index (Phi) is 6.08. The molecule has 1 aromatic rings. The summed E-state index contributed by atoms with van der Waals surface area (Å²) in [6, 6.07) is 5.99. The van der Waals surface area contributed by atoms with Gasteiger partial charge in [0, 0.05) is 6.54 Å². The quantitative estimate of drug-likeness (QED) is 0.796. The van der Waals surface area contributed by atoms with Crippen molar-refractivity contribution in [1.82, 2.24) is 0 Å². The molecule has 0 aliphatic carbocycles. The van der Waals surface area contributed by atoms with E-state index in [2.05, 4.69) is 40.7 Å². The molecule has 0 saturated heterocycles. The highest BCUT2D eigenvalue weighted by molar-refractivity contribution is 5.42. The molecule has 0 heterocycles. The third kappa shape index (κ3) is 4.73. The second-order valence-electron chi connectivity index (χ2n) is 7.30. The minimum absolute atomic E-state index is 0.0463. The molecule has 4 heteroatoms. The lowest BCUT2D eigenvalue weighted by atomic mass is 9.76. The number of nitrogens with two attached hydrogens (primary N) is 1. The molecule has 0 spiro atoms. The Balaban J connectivity index is 3.12. The maximum absolute atomic E-state index is 12.9. The second kappa shape index (κ2) is 7.03. The number of benzene rings is 1. The average molecular weight is 315 g/mol. The van der Waals surface area contributed by atoms with Crippen molar-refractivity contribution in [2.24, 2.45) is 11.7 Å². The standard InChI is InChI=1S/C18H28F3N/c1-12(2)15-8-6-7-13(16(15)17(3,4)5)9-10-14(11-22)18(19,20)21/h6-8,12,14H,9-11,22H2,1-5H3. The third-order valence-electron chi connectivity index (χ3n) is 4.06. The first kappa shape index (κ1) is 19.0. The molecular formula is C18H28F3N. The molecule has 0 aliphatic rings. The summed E-state index contributed by atoms with van der Waals surface area (Å²) < 4.78 is 38.7. The smallest absolute Gasteiger partial charge is 0.330 e. The van der Waals surface area contributed by atoms with Gasteiger partial charge in [0.1, 0.15) is 0 Å². The zero-order valence-electron chi connectivity index (χ0n) is 14.2. The normalized spacial score (nSPS) is 14.5. The lowest BCUT2D eigenvalue weighted by Crippen LogP contribution is -2.31. The van der Waals surface area contributed by atoms with Crippen LogP contribution in [-0.2, 0) is 11.8 Å². The summed E-state index contributed by atoms with van der Waals surface area (Å²) in [5.41, 5.74) is 8.64. The lowest BCUT2D eigenvalue weighted by Gasteiger charge is -2.29. The van der Waals surface area contributed by atoms with E-state index >= 15 is 0 Å². The van der Waals surface area contributed by atoms with Gasteiger partial charge in [-0.1, -0.05) is 52.8 Å². The van der Waals surface area contributed by atoms with E-state index in [0.29, 0.717) is 12.3 Å². The van der Waals surface area contributed by atoms with Gasteiger partial charge in [-0.3, -0.25) is 0 Å². The van der Waals surface area contributed by atoms with Crippen molar-refractivity contribution in [3.63, 3.8) is 0 Å². The summed E-state index contributed by atoms with van der Waals surface area (Å²) >= 11 is 0. The van der Waals surface area contributed by atoms with E-state index in [1.54, 1.807) is 0 Å². The second-order valence-corrected chi connectivity index (χ2v) is 7.30. The molecule has 22 heavy (non-hydrogen) atoms. The summed E-state index contributed by atoms with van der Waals surface area (Å²) in [5, 5.41) is 0. The van der Waals surface area contributed by atoms with Gasteiger partial charge in [-0.15, -0.1) is 0 Å². The van der Waals surface area contributed by atoms with Crippen molar-refractivity contribution in [1.29, 1.82) is 0 Å². The molecule has 0 amide bonds. The Bertz CT molecular complexity index is 484. The number of hydrogen-bond acceptors (Lipinski definition) is 1. The van der Waals surface area contributed by atoms with Crippen LogP contribution in [0.4, 0.5) is 13.2 Å². The molecule has 1 unspecified atom stereocenters. The molecule has 2 N–H and O–H groups in total. The highest BCUT2D eigenvalue weighted by Gasteiger charge is 2.38. The maximum atomic E-state index is 12.9. The average Bonchev–Trinajstić information content (AvgIpc) is 2.36. The zero-order chi connectivity index (χ0) is 17.1. The molecule has 126 valence electrons. The van der Waals surface area contributed by atoms with Crippen LogP contribution in [0.15, 0.2) is 18.2 Å². The van der Waals surface area contributed by atoms with Crippen LogP contribution in [0.2, 0.25) is 0 Å². The van der Waals surface area contributed by atoms with Crippen LogP contribution in [0.25, 0.3) is 0 Å². The topological polar surface area (TPSA) is 26.0 Å². The third-order valence-corrected chi connectivity index (χ3v) is 4.06. The van der Waals surface area contributed by atoms with Gasteiger partial charge in [0.15, 0.2) is 0 Å².